The van der Waals surface area contributed by atoms with Crippen LogP contribution in [0.3, 0.4) is 0 Å². The zero-order valence-electron chi connectivity index (χ0n) is 14.0. The summed E-state index contributed by atoms with van der Waals surface area (Å²) in [5, 5.41) is 0. The summed E-state index contributed by atoms with van der Waals surface area (Å²) in [5.74, 6) is 0.782. The number of rotatable bonds is 6. The first-order valence-corrected chi connectivity index (χ1v) is 8.94. The molecular formula is C18H23NO3S. The first-order chi connectivity index (χ1) is 10.8. The van der Waals surface area contributed by atoms with E-state index < -0.39 is 10.0 Å². The van der Waals surface area contributed by atoms with E-state index >= 15 is 0 Å². The number of aryl methyl sites for hydroxylation is 1. The molecule has 0 heterocycles. The molecule has 0 aliphatic carbocycles. The molecule has 0 unspecified atom stereocenters. The molecule has 124 valence electrons. The van der Waals surface area contributed by atoms with Crippen molar-refractivity contribution in [1.82, 2.24) is 4.72 Å². The second-order valence-electron chi connectivity index (χ2n) is 6.20. The third-order valence-corrected chi connectivity index (χ3v) is 5.52. The Labute approximate surface area is 138 Å². The Kier molecular flexibility index (Phi) is 5.12. The first kappa shape index (κ1) is 17.5. The normalized spacial score (nSPS) is 12.2. The van der Waals surface area contributed by atoms with Crippen LogP contribution in [0.5, 0.6) is 5.75 Å². The lowest BCUT2D eigenvalue weighted by Gasteiger charge is -2.26. The van der Waals surface area contributed by atoms with Gasteiger partial charge in [-0.15, -0.1) is 0 Å². The van der Waals surface area contributed by atoms with Gasteiger partial charge in [-0.1, -0.05) is 44.2 Å². The van der Waals surface area contributed by atoms with Crippen LogP contribution in [0.25, 0.3) is 0 Å². The lowest BCUT2D eigenvalue weighted by Crippen LogP contribution is -2.36. The minimum atomic E-state index is -3.52. The van der Waals surface area contributed by atoms with E-state index in [4.69, 9.17) is 4.74 Å². The van der Waals surface area contributed by atoms with Gasteiger partial charge < -0.3 is 4.74 Å². The van der Waals surface area contributed by atoms with Crippen LogP contribution >= 0.6 is 0 Å². The molecule has 4 nitrogen and oxygen atoms in total. The van der Waals surface area contributed by atoms with Gasteiger partial charge in [-0.2, -0.15) is 0 Å². The Morgan fingerprint density at radius 3 is 2.22 bits per heavy atom. The highest BCUT2D eigenvalue weighted by Crippen LogP contribution is 2.25. The van der Waals surface area contributed by atoms with Gasteiger partial charge in [-0.05, 0) is 36.2 Å². The molecule has 0 fully saturated rings. The molecule has 2 aromatic carbocycles. The SMILES string of the molecule is COc1ccc(C(C)(C)CNS(=O)(=O)c2ccccc2C)cc1. The Morgan fingerprint density at radius 2 is 1.65 bits per heavy atom. The van der Waals surface area contributed by atoms with Gasteiger partial charge in [0.1, 0.15) is 5.75 Å². The van der Waals surface area contributed by atoms with Crippen LogP contribution in [0, 0.1) is 6.92 Å². The van der Waals surface area contributed by atoms with Gasteiger partial charge >= 0.3 is 0 Å². The molecule has 5 heteroatoms. The fraction of sp³-hybridized carbons (Fsp3) is 0.333. The van der Waals surface area contributed by atoms with Crippen molar-refractivity contribution in [3.63, 3.8) is 0 Å². The molecule has 0 bridgehead atoms. The molecule has 0 atom stereocenters. The highest BCUT2D eigenvalue weighted by Gasteiger charge is 2.25. The van der Waals surface area contributed by atoms with E-state index in [9.17, 15) is 8.42 Å². The molecule has 1 N–H and O–H groups in total. The minimum Gasteiger partial charge on any atom is -0.497 e. The van der Waals surface area contributed by atoms with Gasteiger partial charge in [-0.3, -0.25) is 0 Å². The van der Waals surface area contributed by atoms with E-state index in [1.807, 2.05) is 44.2 Å². The van der Waals surface area contributed by atoms with Crippen molar-refractivity contribution in [3.05, 3.63) is 59.7 Å². The lowest BCUT2D eigenvalue weighted by atomic mass is 9.85. The van der Waals surface area contributed by atoms with Crippen molar-refractivity contribution in [2.45, 2.75) is 31.1 Å². The second kappa shape index (κ2) is 6.72. The van der Waals surface area contributed by atoms with E-state index in [-0.39, 0.29) is 5.41 Å². The van der Waals surface area contributed by atoms with Crippen molar-refractivity contribution in [2.75, 3.05) is 13.7 Å². The highest BCUT2D eigenvalue weighted by molar-refractivity contribution is 7.89. The number of ether oxygens (including phenoxy) is 1. The van der Waals surface area contributed by atoms with E-state index in [0.29, 0.717) is 11.4 Å². The minimum absolute atomic E-state index is 0.315. The van der Waals surface area contributed by atoms with Crippen LogP contribution < -0.4 is 9.46 Å². The topological polar surface area (TPSA) is 55.4 Å². The Bertz CT molecular complexity index is 765. The number of hydrogen-bond acceptors (Lipinski definition) is 3. The molecule has 0 aliphatic rings. The van der Waals surface area contributed by atoms with Gasteiger partial charge in [0.2, 0.25) is 10.0 Å². The Morgan fingerprint density at radius 1 is 1.04 bits per heavy atom. The molecule has 0 amide bonds. The largest absolute Gasteiger partial charge is 0.497 e. The molecule has 0 saturated heterocycles. The molecule has 0 radical (unpaired) electrons. The molecule has 0 aliphatic heterocycles. The molecule has 0 saturated carbocycles. The molecule has 0 spiro atoms. The van der Waals surface area contributed by atoms with Gasteiger partial charge in [-0.25, -0.2) is 13.1 Å². The third kappa shape index (κ3) is 4.12. The summed E-state index contributed by atoms with van der Waals surface area (Å²) < 4.78 is 32.9. The van der Waals surface area contributed by atoms with Crippen molar-refractivity contribution in [3.8, 4) is 5.75 Å². The standard InChI is InChI=1S/C18H23NO3S/c1-14-7-5-6-8-17(14)23(20,21)19-13-18(2,3)15-9-11-16(22-4)12-10-15/h5-12,19H,13H2,1-4H3. The van der Waals surface area contributed by atoms with Crippen LogP contribution in [0.1, 0.15) is 25.0 Å². The van der Waals surface area contributed by atoms with Crippen molar-refractivity contribution in [2.24, 2.45) is 0 Å². The Balaban J connectivity index is 2.16. The summed E-state index contributed by atoms with van der Waals surface area (Å²) in [4.78, 5) is 0.325. The summed E-state index contributed by atoms with van der Waals surface area (Å²) >= 11 is 0. The average molecular weight is 333 g/mol. The number of hydrogen-bond donors (Lipinski definition) is 1. The summed E-state index contributed by atoms with van der Waals surface area (Å²) in [6.07, 6.45) is 0. The number of sulfonamides is 1. The molecular weight excluding hydrogens is 310 g/mol. The van der Waals surface area contributed by atoms with Gasteiger partial charge in [0.25, 0.3) is 0 Å². The van der Waals surface area contributed by atoms with Gasteiger partial charge in [0, 0.05) is 12.0 Å². The van der Waals surface area contributed by atoms with Crippen LogP contribution in [0.4, 0.5) is 0 Å². The van der Waals surface area contributed by atoms with Crippen molar-refractivity contribution in [1.29, 1.82) is 0 Å². The van der Waals surface area contributed by atoms with E-state index in [0.717, 1.165) is 16.9 Å². The summed E-state index contributed by atoms with van der Waals surface area (Å²) in [6.45, 7) is 6.13. The maximum Gasteiger partial charge on any atom is 0.240 e. The summed E-state index contributed by atoms with van der Waals surface area (Å²) in [6, 6.07) is 14.7. The molecule has 2 aromatic rings. The zero-order valence-corrected chi connectivity index (χ0v) is 14.8. The molecule has 2 rings (SSSR count). The summed E-state index contributed by atoms with van der Waals surface area (Å²) in [5.41, 5.74) is 1.45. The lowest BCUT2D eigenvalue weighted by molar-refractivity contribution is 0.414. The fourth-order valence-electron chi connectivity index (χ4n) is 2.36. The molecule has 0 aromatic heterocycles. The Hall–Kier alpha value is -1.85. The van der Waals surface area contributed by atoms with Gasteiger partial charge in [0.15, 0.2) is 0 Å². The monoisotopic (exact) mass is 333 g/mol. The second-order valence-corrected chi connectivity index (χ2v) is 7.94. The predicted octanol–water partition coefficient (Wildman–Crippen LogP) is 3.26. The quantitative estimate of drug-likeness (QED) is 0.883. The first-order valence-electron chi connectivity index (χ1n) is 7.46. The number of methoxy groups -OCH3 is 1. The zero-order chi connectivity index (χ0) is 17.1. The van der Waals surface area contributed by atoms with E-state index in [2.05, 4.69) is 4.72 Å². The third-order valence-electron chi connectivity index (χ3n) is 3.96. The van der Waals surface area contributed by atoms with Gasteiger partial charge in [0.05, 0.1) is 12.0 Å². The van der Waals surface area contributed by atoms with Crippen molar-refractivity contribution < 1.29 is 13.2 Å². The number of benzene rings is 2. The van der Waals surface area contributed by atoms with Crippen LogP contribution in [0.2, 0.25) is 0 Å². The summed E-state index contributed by atoms with van der Waals surface area (Å²) in [7, 11) is -1.90. The highest BCUT2D eigenvalue weighted by atomic mass is 32.2. The average Bonchev–Trinajstić information content (AvgIpc) is 2.53. The van der Waals surface area contributed by atoms with E-state index in [1.54, 1.807) is 32.2 Å². The molecule has 23 heavy (non-hydrogen) atoms. The van der Waals surface area contributed by atoms with Crippen molar-refractivity contribution >= 4 is 10.0 Å². The predicted molar refractivity (Wildman–Crippen MR) is 92.4 cm³/mol. The maximum absolute atomic E-state index is 12.5. The smallest absolute Gasteiger partial charge is 0.240 e. The maximum atomic E-state index is 12.5. The van der Waals surface area contributed by atoms with Crippen LogP contribution in [-0.4, -0.2) is 22.1 Å². The number of nitrogens with one attached hydrogen (secondary N) is 1. The van der Waals surface area contributed by atoms with Crippen LogP contribution in [0.15, 0.2) is 53.4 Å². The fourth-order valence-corrected chi connectivity index (χ4v) is 3.81. The van der Waals surface area contributed by atoms with Crippen LogP contribution in [-0.2, 0) is 15.4 Å². The van der Waals surface area contributed by atoms with E-state index in [1.165, 1.54) is 0 Å².